The number of nitrogens with zero attached hydrogens (tertiary/aromatic N) is 2. The fourth-order valence-corrected chi connectivity index (χ4v) is 1.51. The first kappa shape index (κ1) is 11.5. The molecule has 0 radical (unpaired) electrons. The lowest BCUT2D eigenvalue weighted by Gasteiger charge is -2.09. The number of hydrogen-bond donors (Lipinski definition) is 1. The highest BCUT2D eigenvalue weighted by Crippen LogP contribution is 2.29. The molecule has 0 atom stereocenters. The molecule has 0 amide bonds. The number of ether oxygens (including phenoxy) is 1. The molecule has 0 bridgehead atoms. The van der Waals surface area contributed by atoms with Crippen LogP contribution in [0.4, 0.5) is 14.6 Å². The van der Waals surface area contributed by atoms with Crippen molar-refractivity contribution in [2.24, 2.45) is 0 Å². The first-order valence-corrected chi connectivity index (χ1v) is 5.09. The minimum atomic E-state index is -2.64. The summed E-state index contributed by atoms with van der Waals surface area (Å²) in [5.41, 5.74) is 5.22. The standard InChI is InChI=1S/C11H11F2N3O/c1-2-17-11-7-4-9(14)15-5-6(7)3-8(16-11)10(12)13/h3-5,10H,2H2,1H3,(H2,14,15). The zero-order chi connectivity index (χ0) is 12.4. The minimum absolute atomic E-state index is 0.161. The van der Waals surface area contributed by atoms with E-state index < -0.39 is 6.43 Å². The molecule has 0 aliphatic carbocycles. The third-order valence-corrected chi connectivity index (χ3v) is 2.23. The lowest BCUT2D eigenvalue weighted by Crippen LogP contribution is -2.00. The third kappa shape index (κ3) is 2.25. The molecule has 2 N–H and O–H groups in total. The van der Waals surface area contributed by atoms with Crippen molar-refractivity contribution >= 4 is 16.6 Å². The number of nitrogens with two attached hydrogens (primary N) is 1. The highest BCUT2D eigenvalue weighted by Gasteiger charge is 2.14. The van der Waals surface area contributed by atoms with Crippen LogP contribution in [0.25, 0.3) is 10.8 Å². The van der Waals surface area contributed by atoms with Crippen LogP contribution in [0.3, 0.4) is 0 Å². The van der Waals surface area contributed by atoms with E-state index in [1.54, 1.807) is 13.0 Å². The normalized spacial score (nSPS) is 11.1. The number of aromatic nitrogens is 2. The Morgan fingerprint density at radius 3 is 2.82 bits per heavy atom. The Morgan fingerprint density at radius 2 is 2.18 bits per heavy atom. The molecule has 90 valence electrons. The van der Waals surface area contributed by atoms with Crippen LogP contribution in [0, 0.1) is 0 Å². The topological polar surface area (TPSA) is 61.0 Å². The van der Waals surface area contributed by atoms with E-state index >= 15 is 0 Å². The maximum atomic E-state index is 12.6. The van der Waals surface area contributed by atoms with Gasteiger partial charge in [0, 0.05) is 17.0 Å². The van der Waals surface area contributed by atoms with Crippen molar-refractivity contribution in [2.45, 2.75) is 13.3 Å². The second kappa shape index (κ2) is 4.48. The summed E-state index contributed by atoms with van der Waals surface area (Å²) >= 11 is 0. The van der Waals surface area contributed by atoms with E-state index in [9.17, 15) is 8.78 Å². The summed E-state index contributed by atoms with van der Waals surface area (Å²) in [5, 5.41) is 1.12. The molecule has 2 aromatic rings. The fourth-order valence-electron chi connectivity index (χ4n) is 1.51. The van der Waals surface area contributed by atoms with Gasteiger partial charge in [-0.15, -0.1) is 0 Å². The largest absolute Gasteiger partial charge is 0.478 e. The van der Waals surface area contributed by atoms with Crippen LogP contribution in [0.1, 0.15) is 19.0 Å². The van der Waals surface area contributed by atoms with Gasteiger partial charge in [0.25, 0.3) is 6.43 Å². The van der Waals surface area contributed by atoms with Crippen molar-refractivity contribution < 1.29 is 13.5 Å². The van der Waals surface area contributed by atoms with Crippen LogP contribution < -0.4 is 10.5 Å². The molecular weight excluding hydrogens is 228 g/mol. The maximum Gasteiger partial charge on any atom is 0.280 e. The Morgan fingerprint density at radius 1 is 1.41 bits per heavy atom. The quantitative estimate of drug-likeness (QED) is 0.894. The number of alkyl halides is 2. The van der Waals surface area contributed by atoms with Gasteiger partial charge in [-0.1, -0.05) is 0 Å². The molecular formula is C11H11F2N3O. The lowest BCUT2D eigenvalue weighted by molar-refractivity contribution is 0.145. The van der Waals surface area contributed by atoms with Gasteiger partial charge in [-0.2, -0.15) is 0 Å². The molecule has 2 aromatic heterocycles. The number of anilines is 1. The van der Waals surface area contributed by atoms with Gasteiger partial charge in [0.15, 0.2) is 0 Å². The molecule has 0 saturated heterocycles. The number of fused-ring (bicyclic) bond motifs is 1. The van der Waals surface area contributed by atoms with Gasteiger partial charge < -0.3 is 10.5 Å². The predicted molar refractivity (Wildman–Crippen MR) is 60.1 cm³/mol. The van der Waals surface area contributed by atoms with Gasteiger partial charge in [-0.3, -0.25) is 0 Å². The van der Waals surface area contributed by atoms with Crippen LogP contribution >= 0.6 is 0 Å². The molecule has 0 saturated carbocycles. The van der Waals surface area contributed by atoms with Crippen LogP contribution in [0.5, 0.6) is 5.88 Å². The van der Waals surface area contributed by atoms with Gasteiger partial charge in [0.05, 0.1) is 6.61 Å². The van der Waals surface area contributed by atoms with Crippen LogP contribution in [0.15, 0.2) is 18.3 Å². The molecule has 6 heteroatoms. The first-order chi connectivity index (χ1) is 8.11. The molecule has 0 aromatic carbocycles. The summed E-state index contributed by atoms with van der Waals surface area (Å²) in [6.45, 7) is 2.10. The first-order valence-electron chi connectivity index (χ1n) is 5.09. The van der Waals surface area contributed by atoms with Gasteiger partial charge in [-0.05, 0) is 19.1 Å². The summed E-state index contributed by atoms with van der Waals surface area (Å²) in [5.74, 6) is 0.458. The van der Waals surface area contributed by atoms with E-state index in [1.165, 1.54) is 12.3 Å². The van der Waals surface area contributed by atoms with E-state index in [-0.39, 0.29) is 11.6 Å². The van der Waals surface area contributed by atoms with Crippen molar-refractivity contribution in [1.29, 1.82) is 0 Å². The Kier molecular flexibility index (Phi) is 3.03. The van der Waals surface area contributed by atoms with E-state index in [1.807, 2.05) is 0 Å². The van der Waals surface area contributed by atoms with Crippen molar-refractivity contribution in [2.75, 3.05) is 12.3 Å². The van der Waals surface area contributed by atoms with Crippen LogP contribution in [-0.2, 0) is 0 Å². The van der Waals surface area contributed by atoms with Crippen LogP contribution in [0.2, 0.25) is 0 Å². The number of hydrogen-bond acceptors (Lipinski definition) is 4. The van der Waals surface area contributed by atoms with Gasteiger partial charge in [0.1, 0.15) is 11.5 Å². The van der Waals surface area contributed by atoms with E-state index in [0.29, 0.717) is 23.2 Å². The molecule has 2 heterocycles. The fraction of sp³-hybridized carbons (Fsp3) is 0.273. The number of halogens is 2. The van der Waals surface area contributed by atoms with Gasteiger partial charge in [-0.25, -0.2) is 18.7 Å². The second-order valence-electron chi connectivity index (χ2n) is 3.42. The molecule has 2 rings (SSSR count). The average Bonchev–Trinajstić information content (AvgIpc) is 2.29. The molecule has 0 unspecified atom stereocenters. The van der Waals surface area contributed by atoms with Crippen molar-refractivity contribution in [1.82, 2.24) is 9.97 Å². The van der Waals surface area contributed by atoms with Crippen molar-refractivity contribution in [3.05, 3.63) is 24.0 Å². The minimum Gasteiger partial charge on any atom is -0.478 e. The van der Waals surface area contributed by atoms with Crippen molar-refractivity contribution in [3.63, 3.8) is 0 Å². The molecule has 17 heavy (non-hydrogen) atoms. The van der Waals surface area contributed by atoms with Gasteiger partial charge >= 0.3 is 0 Å². The van der Waals surface area contributed by atoms with Gasteiger partial charge in [0.2, 0.25) is 5.88 Å². The Bertz CT molecular complexity index is 545. The number of pyridine rings is 2. The highest BCUT2D eigenvalue weighted by molar-refractivity contribution is 5.88. The predicted octanol–water partition coefficient (Wildman–Crippen LogP) is 2.55. The van der Waals surface area contributed by atoms with Crippen LogP contribution in [-0.4, -0.2) is 16.6 Å². The SMILES string of the molecule is CCOc1nc(C(F)F)cc2cnc(N)cc12. The molecule has 0 spiro atoms. The summed E-state index contributed by atoms with van der Waals surface area (Å²) < 4.78 is 30.5. The summed E-state index contributed by atoms with van der Waals surface area (Å²) in [7, 11) is 0. The monoisotopic (exact) mass is 239 g/mol. The maximum absolute atomic E-state index is 12.6. The second-order valence-corrected chi connectivity index (χ2v) is 3.42. The smallest absolute Gasteiger partial charge is 0.280 e. The molecule has 0 fully saturated rings. The Hall–Kier alpha value is -1.98. The highest BCUT2D eigenvalue weighted by atomic mass is 19.3. The summed E-state index contributed by atoms with van der Waals surface area (Å²) in [6.07, 6.45) is -1.21. The van der Waals surface area contributed by atoms with E-state index in [2.05, 4.69) is 9.97 Å². The summed E-state index contributed by atoms with van der Waals surface area (Å²) in [6, 6.07) is 2.84. The number of nitrogen functional groups attached to an aromatic ring is 1. The van der Waals surface area contributed by atoms with Crippen molar-refractivity contribution in [3.8, 4) is 5.88 Å². The average molecular weight is 239 g/mol. The molecule has 4 nitrogen and oxygen atoms in total. The molecule has 0 aliphatic rings. The Balaban J connectivity index is 2.67. The zero-order valence-electron chi connectivity index (χ0n) is 9.15. The van der Waals surface area contributed by atoms with E-state index in [4.69, 9.17) is 10.5 Å². The van der Waals surface area contributed by atoms with E-state index in [0.717, 1.165) is 0 Å². The molecule has 0 aliphatic heterocycles. The third-order valence-electron chi connectivity index (χ3n) is 2.23. The summed E-state index contributed by atoms with van der Waals surface area (Å²) in [4.78, 5) is 7.63. The number of rotatable bonds is 3. The Labute approximate surface area is 96.4 Å². The lowest BCUT2D eigenvalue weighted by atomic mass is 10.2. The zero-order valence-corrected chi connectivity index (χ0v) is 9.15.